The fourth-order valence-electron chi connectivity index (χ4n) is 1.44. The lowest BCUT2D eigenvalue weighted by Gasteiger charge is -2.10. The summed E-state index contributed by atoms with van der Waals surface area (Å²) in [6.45, 7) is 0. The quantitative estimate of drug-likeness (QED) is 0.673. The number of aromatic nitrogens is 3. The minimum Gasteiger partial charge on any atom is -0.384 e. The molecule has 20 heavy (non-hydrogen) atoms. The topological polar surface area (TPSA) is 80.6 Å². The van der Waals surface area contributed by atoms with Gasteiger partial charge in [-0.05, 0) is 12.1 Å². The molecule has 2 heterocycles. The SMILES string of the molecule is Cn1cc(Sc2nc(C(F)(F)F)ccc2C(=N)N)cn1. The van der Waals surface area contributed by atoms with Crippen LogP contribution in [0.5, 0.6) is 0 Å². The molecule has 3 N–H and O–H groups in total. The predicted octanol–water partition coefficient (Wildman–Crippen LogP) is 2.27. The maximum absolute atomic E-state index is 12.7. The lowest BCUT2D eigenvalue weighted by Crippen LogP contribution is -2.16. The molecule has 0 radical (unpaired) electrons. The maximum atomic E-state index is 12.7. The standard InChI is InChI=1S/C11H10F3N5S/c1-19-5-6(4-17-19)20-10-7(9(15)16)2-3-8(18-10)11(12,13)14/h2-5H,1H3,(H3,15,16). The summed E-state index contributed by atoms with van der Waals surface area (Å²) in [7, 11) is 1.69. The summed E-state index contributed by atoms with van der Waals surface area (Å²) in [6.07, 6.45) is -1.41. The molecule has 0 amide bonds. The summed E-state index contributed by atoms with van der Waals surface area (Å²) in [4.78, 5) is 4.16. The number of halogens is 3. The number of nitrogens with zero attached hydrogens (tertiary/aromatic N) is 3. The third-order valence-corrected chi connectivity index (χ3v) is 3.29. The first-order chi connectivity index (χ1) is 9.27. The number of aryl methyl sites for hydroxylation is 1. The lowest BCUT2D eigenvalue weighted by molar-refractivity contribution is -0.141. The average molecular weight is 301 g/mol. The number of nitrogen functional groups attached to an aromatic ring is 1. The van der Waals surface area contributed by atoms with Crippen molar-refractivity contribution in [3.8, 4) is 0 Å². The van der Waals surface area contributed by atoms with Gasteiger partial charge >= 0.3 is 6.18 Å². The van der Waals surface area contributed by atoms with E-state index in [4.69, 9.17) is 11.1 Å². The number of amidine groups is 1. The number of hydrogen-bond acceptors (Lipinski definition) is 4. The fourth-order valence-corrected chi connectivity index (χ4v) is 2.40. The second-order valence-corrected chi connectivity index (χ2v) is 4.97. The van der Waals surface area contributed by atoms with Crippen molar-refractivity contribution >= 4 is 17.6 Å². The van der Waals surface area contributed by atoms with Crippen LogP contribution in [0.25, 0.3) is 0 Å². The van der Waals surface area contributed by atoms with Crippen LogP contribution in [0.15, 0.2) is 34.4 Å². The molecule has 0 aliphatic heterocycles. The highest BCUT2D eigenvalue weighted by Gasteiger charge is 2.33. The monoisotopic (exact) mass is 301 g/mol. The number of alkyl halides is 3. The normalized spacial score (nSPS) is 11.6. The minimum absolute atomic E-state index is 0.0281. The Morgan fingerprint density at radius 2 is 2.10 bits per heavy atom. The predicted molar refractivity (Wildman–Crippen MR) is 67.6 cm³/mol. The van der Waals surface area contributed by atoms with Gasteiger partial charge in [-0.1, -0.05) is 11.8 Å². The summed E-state index contributed by atoms with van der Waals surface area (Å²) in [5.41, 5.74) is 4.50. The summed E-state index contributed by atoms with van der Waals surface area (Å²) in [5.74, 6) is -0.336. The molecular formula is C11H10F3N5S. The van der Waals surface area contributed by atoms with Crippen LogP contribution in [0, 0.1) is 5.41 Å². The molecule has 0 atom stereocenters. The molecule has 106 valence electrons. The number of pyridine rings is 1. The van der Waals surface area contributed by atoms with Crippen LogP contribution in [0.2, 0.25) is 0 Å². The number of nitrogens with two attached hydrogens (primary N) is 1. The van der Waals surface area contributed by atoms with Crippen LogP contribution in [0.4, 0.5) is 13.2 Å². The number of hydrogen-bond donors (Lipinski definition) is 2. The van der Waals surface area contributed by atoms with Gasteiger partial charge in [-0.25, -0.2) is 4.98 Å². The van der Waals surface area contributed by atoms with Crippen molar-refractivity contribution in [1.29, 1.82) is 5.41 Å². The maximum Gasteiger partial charge on any atom is 0.433 e. The van der Waals surface area contributed by atoms with Crippen LogP contribution in [0.3, 0.4) is 0 Å². The summed E-state index contributed by atoms with van der Waals surface area (Å²) < 4.78 is 39.5. The molecule has 0 aliphatic rings. The van der Waals surface area contributed by atoms with Crippen molar-refractivity contribution in [3.63, 3.8) is 0 Å². The smallest absolute Gasteiger partial charge is 0.384 e. The van der Waals surface area contributed by atoms with E-state index in [1.165, 1.54) is 10.9 Å². The highest BCUT2D eigenvalue weighted by atomic mass is 32.2. The molecule has 0 saturated carbocycles. The first-order valence-corrected chi connectivity index (χ1v) is 6.18. The molecule has 0 aliphatic carbocycles. The van der Waals surface area contributed by atoms with E-state index < -0.39 is 11.9 Å². The van der Waals surface area contributed by atoms with Crippen molar-refractivity contribution in [3.05, 3.63) is 35.8 Å². The second kappa shape index (κ2) is 5.16. The molecule has 0 saturated heterocycles. The number of rotatable bonds is 3. The molecule has 2 aromatic rings. The lowest BCUT2D eigenvalue weighted by atomic mass is 10.2. The van der Waals surface area contributed by atoms with Gasteiger partial charge in [0.15, 0.2) is 0 Å². The Balaban J connectivity index is 2.44. The first-order valence-electron chi connectivity index (χ1n) is 5.36. The van der Waals surface area contributed by atoms with Crippen LogP contribution >= 0.6 is 11.8 Å². The van der Waals surface area contributed by atoms with Crippen LogP contribution in [-0.2, 0) is 13.2 Å². The van der Waals surface area contributed by atoms with Crippen LogP contribution in [-0.4, -0.2) is 20.6 Å². The first kappa shape index (κ1) is 14.4. The third-order valence-electron chi connectivity index (χ3n) is 2.34. The Kier molecular flexibility index (Phi) is 3.71. The van der Waals surface area contributed by atoms with Gasteiger partial charge in [0, 0.05) is 18.8 Å². The van der Waals surface area contributed by atoms with Gasteiger partial charge in [-0.15, -0.1) is 0 Å². The van der Waals surface area contributed by atoms with Crippen molar-refractivity contribution in [2.45, 2.75) is 16.1 Å². The molecule has 0 aromatic carbocycles. The van der Waals surface area contributed by atoms with E-state index in [-0.39, 0.29) is 16.4 Å². The van der Waals surface area contributed by atoms with E-state index in [0.717, 1.165) is 23.9 Å². The highest BCUT2D eigenvalue weighted by Crippen LogP contribution is 2.33. The molecule has 2 rings (SSSR count). The van der Waals surface area contributed by atoms with E-state index in [2.05, 4.69) is 10.1 Å². The zero-order valence-electron chi connectivity index (χ0n) is 10.3. The molecule has 0 bridgehead atoms. The van der Waals surface area contributed by atoms with Crippen LogP contribution < -0.4 is 5.73 Å². The van der Waals surface area contributed by atoms with Crippen LogP contribution in [0.1, 0.15) is 11.3 Å². The Labute approximate surface area is 116 Å². The largest absolute Gasteiger partial charge is 0.433 e. The second-order valence-electron chi connectivity index (χ2n) is 3.91. The zero-order valence-corrected chi connectivity index (χ0v) is 11.1. The molecule has 5 nitrogen and oxygen atoms in total. The average Bonchev–Trinajstić information content (AvgIpc) is 2.73. The molecule has 2 aromatic heterocycles. The van der Waals surface area contributed by atoms with E-state index in [9.17, 15) is 13.2 Å². The van der Waals surface area contributed by atoms with Crippen molar-refractivity contribution in [2.75, 3.05) is 0 Å². The zero-order chi connectivity index (χ0) is 14.9. The Bertz CT molecular complexity index is 650. The molecule has 0 unspecified atom stereocenters. The molecule has 0 fully saturated rings. The van der Waals surface area contributed by atoms with E-state index >= 15 is 0 Å². The van der Waals surface area contributed by atoms with Gasteiger partial charge in [-0.2, -0.15) is 18.3 Å². The van der Waals surface area contributed by atoms with E-state index in [1.807, 2.05) is 0 Å². The van der Waals surface area contributed by atoms with Gasteiger partial charge in [0.05, 0.1) is 11.1 Å². The minimum atomic E-state index is -4.54. The molecular weight excluding hydrogens is 291 g/mol. The van der Waals surface area contributed by atoms with E-state index in [0.29, 0.717) is 4.90 Å². The van der Waals surface area contributed by atoms with Gasteiger partial charge in [-0.3, -0.25) is 10.1 Å². The van der Waals surface area contributed by atoms with Gasteiger partial charge in [0.25, 0.3) is 0 Å². The van der Waals surface area contributed by atoms with Gasteiger partial charge in [0.2, 0.25) is 0 Å². The highest BCUT2D eigenvalue weighted by molar-refractivity contribution is 7.99. The third kappa shape index (κ3) is 3.10. The summed E-state index contributed by atoms with van der Waals surface area (Å²) >= 11 is 0.978. The Morgan fingerprint density at radius 1 is 1.40 bits per heavy atom. The number of nitrogens with one attached hydrogen (secondary N) is 1. The van der Waals surface area contributed by atoms with E-state index in [1.54, 1.807) is 13.2 Å². The Morgan fingerprint density at radius 3 is 2.60 bits per heavy atom. The Hall–Kier alpha value is -2.03. The van der Waals surface area contributed by atoms with Gasteiger partial charge < -0.3 is 5.73 Å². The molecule has 9 heteroatoms. The van der Waals surface area contributed by atoms with Crippen molar-refractivity contribution in [2.24, 2.45) is 12.8 Å². The van der Waals surface area contributed by atoms with Crippen molar-refractivity contribution < 1.29 is 13.2 Å². The van der Waals surface area contributed by atoms with Gasteiger partial charge in [0.1, 0.15) is 16.6 Å². The summed E-state index contributed by atoms with van der Waals surface area (Å²) in [5, 5.41) is 11.3. The summed E-state index contributed by atoms with van der Waals surface area (Å²) in [6, 6.07) is 1.96. The molecule has 0 spiro atoms. The van der Waals surface area contributed by atoms with Crippen molar-refractivity contribution in [1.82, 2.24) is 14.8 Å². The fraction of sp³-hybridized carbons (Fsp3) is 0.182.